The highest BCUT2D eigenvalue weighted by Crippen LogP contribution is 2.29. The van der Waals surface area contributed by atoms with Gasteiger partial charge in [0.1, 0.15) is 0 Å². The minimum Gasteiger partial charge on any atom is -0.379 e. The van der Waals surface area contributed by atoms with Crippen molar-refractivity contribution < 1.29 is 18.4 Å². The predicted molar refractivity (Wildman–Crippen MR) is 73.4 cm³/mol. The van der Waals surface area contributed by atoms with Crippen molar-refractivity contribution in [1.82, 2.24) is 4.90 Å². The minimum absolute atomic E-state index is 0.266. The first-order chi connectivity index (χ1) is 9.99. The molecular formula is C13H17F2N3O3. The third-order valence-corrected chi connectivity index (χ3v) is 3.30. The Bertz CT molecular complexity index is 522. The summed E-state index contributed by atoms with van der Waals surface area (Å²) < 4.78 is 32.3. The lowest BCUT2D eigenvalue weighted by Gasteiger charge is -2.29. The quantitative estimate of drug-likeness (QED) is 0.665. The average Bonchev–Trinajstić information content (AvgIpc) is 2.44. The number of anilines is 1. The van der Waals surface area contributed by atoms with Gasteiger partial charge in [-0.2, -0.15) is 0 Å². The number of hydrogen-bond donors (Lipinski definition) is 1. The molecule has 6 nitrogen and oxygen atoms in total. The molecule has 8 heteroatoms. The maximum absolute atomic E-state index is 13.8. The first-order valence-corrected chi connectivity index (χ1v) is 6.68. The molecule has 1 N–H and O–H groups in total. The van der Waals surface area contributed by atoms with E-state index in [9.17, 15) is 18.9 Å². The van der Waals surface area contributed by atoms with Crippen molar-refractivity contribution in [3.8, 4) is 0 Å². The fourth-order valence-electron chi connectivity index (χ4n) is 2.29. The van der Waals surface area contributed by atoms with Crippen LogP contribution >= 0.6 is 0 Å². The molecule has 0 amide bonds. The van der Waals surface area contributed by atoms with Crippen LogP contribution in [0.25, 0.3) is 0 Å². The van der Waals surface area contributed by atoms with Gasteiger partial charge < -0.3 is 10.1 Å². The zero-order chi connectivity index (χ0) is 15.4. The molecule has 0 saturated carbocycles. The molecule has 21 heavy (non-hydrogen) atoms. The Labute approximate surface area is 120 Å². The second-order valence-corrected chi connectivity index (χ2v) is 4.97. The lowest BCUT2D eigenvalue weighted by Crippen LogP contribution is -2.42. The average molecular weight is 301 g/mol. The monoisotopic (exact) mass is 301 g/mol. The molecule has 2 rings (SSSR count). The van der Waals surface area contributed by atoms with Crippen LogP contribution in [0.2, 0.25) is 0 Å². The maximum atomic E-state index is 13.8. The van der Waals surface area contributed by atoms with Crippen molar-refractivity contribution in [2.45, 2.75) is 13.0 Å². The summed E-state index contributed by atoms with van der Waals surface area (Å²) in [5.74, 6) is -2.33. The molecule has 1 fully saturated rings. The van der Waals surface area contributed by atoms with Crippen molar-refractivity contribution in [1.29, 1.82) is 0 Å². The fraction of sp³-hybridized carbons (Fsp3) is 0.538. The van der Waals surface area contributed by atoms with E-state index in [1.165, 1.54) is 0 Å². The van der Waals surface area contributed by atoms with Gasteiger partial charge in [-0.1, -0.05) is 0 Å². The predicted octanol–water partition coefficient (Wildman–Crippen LogP) is 2.01. The van der Waals surface area contributed by atoms with E-state index in [0.717, 1.165) is 25.2 Å². The Balaban J connectivity index is 2.10. The Kier molecular flexibility index (Phi) is 5.03. The molecule has 1 atom stereocenters. The van der Waals surface area contributed by atoms with E-state index >= 15 is 0 Å². The smallest absolute Gasteiger partial charge is 0.295 e. The summed E-state index contributed by atoms with van der Waals surface area (Å²) in [6.07, 6.45) is 0. The number of morpholine rings is 1. The Morgan fingerprint density at radius 3 is 2.71 bits per heavy atom. The number of halogens is 2. The van der Waals surface area contributed by atoms with Crippen molar-refractivity contribution in [3.05, 3.63) is 33.9 Å². The van der Waals surface area contributed by atoms with E-state index in [1.54, 1.807) is 6.92 Å². The van der Waals surface area contributed by atoms with Gasteiger partial charge in [-0.3, -0.25) is 15.0 Å². The first kappa shape index (κ1) is 15.6. The lowest BCUT2D eigenvalue weighted by atomic mass is 10.2. The van der Waals surface area contributed by atoms with Crippen LogP contribution in [0.5, 0.6) is 0 Å². The van der Waals surface area contributed by atoms with Gasteiger partial charge in [-0.25, -0.2) is 8.78 Å². The summed E-state index contributed by atoms with van der Waals surface area (Å²) in [5, 5.41) is 13.6. The molecule has 0 spiro atoms. The number of nitrogens with one attached hydrogen (secondary N) is 1. The van der Waals surface area contributed by atoms with Gasteiger partial charge in [0.15, 0.2) is 17.3 Å². The summed E-state index contributed by atoms with van der Waals surface area (Å²) >= 11 is 0. The molecule has 0 radical (unpaired) electrons. The van der Waals surface area contributed by atoms with Crippen LogP contribution in [-0.4, -0.2) is 48.7 Å². The third-order valence-electron chi connectivity index (χ3n) is 3.30. The minimum atomic E-state index is -1.22. The molecule has 1 aromatic rings. The fourth-order valence-corrected chi connectivity index (χ4v) is 2.29. The summed E-state index contributed by atoms with van der Waals surface area (Å²) in [5.41, 5.74) is -0.872. The Hall–Kier alpha value is -1.80. The van der Waals surface area contributed by atoms with E-state index in [2.05, 4.69) is 10.2 Å². The number of nitrogens with zero attached hydrogens (tertiary/aromatic N) is 2. The van der Waals surface area contributed by atoms with Crippen molar-refractivity contribution in [2.75, 3.05) is 38.2 Å². The van der Waals surface area contributed by atoms with Gasteiger partial charge in [0, 0.05) is 31.7 Å². The standard InChI is InChI=1S/C13H17F2N3O3/c1-9(8-17-4-6-21-7-5-17)16-13-11(18(19)20)3-2-10(14)12(13)15/h2-3,9,16H,4-8H2,1H3. The van der Waals surface area contributed by atoms with Gasteiger partial charge in [0.25, 0.3) is 5.69 Å². The van der Waals surface area contributed by atoms with Gasteiger partial charge in [-0.05, 0) is 13.0 Å². The second kappa shape index (κ2) is 6.77. The lowest BCUT2D eigenvalue weighted by molar-refractivity contribution is -0.384. The van der Waals surface area contributed by atoms with Crippen LogP contribution in [0.15, 0.2) is 12.1 Å². The SMILES string of the molecule is CC(CN1CCOCC1)Nc1c([N+](=O)[O-])ccc(F)c1F. The third kappa shape index (κ3) is 3.85. The van der Waals surface area contributed by atoms with Crippen LogP contribution < -0.4 is 5.32 Å². The number of ether oxygens (including phenoxy) is 1. The van der Waals surface area contributed by atoms with E-state index in [1.807, 2.05) is 0 Å². The highest BCUT2D eigenvalue weighted by molar-refractivity contribution is 5.63. The van der Waals surface area contributed by atoms with Crippen molar-refractivity contribution in [2.24, 2.45) is 0 Å². The van der Waals surface area contributed by atoms with Gasteiger partial charge in [-0.15, -0.1) is 0 Å². The topological polar surface area (TPSA) is 67.6 Å². The van der Waals surface area contributed by atoms with Gasteiger partial charge >= 0.3 is 0 Å². The molecule has 1 unspecified atom stereocenters. The molecule has 116 valence electrons. The maximum Gasteiger partial charge on any atom is 0.295 e. The normalized spacial score (nSPS) is 17.5. The summed E-state index contributed by atoms with van der Waals surface area (Å²) in [6.45, 7) is 5.09. The number of rotatable bonds is 5. The molecular weight excluding hydrogens is 284 g/mol. The molecule has 1 saturated heterocycles. The van der Waals surface area contributed by atoms with Crippen LogP contribution in [0.3, 0.4) is 0 Å². The molecule has 1 heterocycles. The first-order valence-electron chi connectivity index (χ1n) is 6.68. The Morgan fingerprint density at radius 2 is 2.10 bits per heavy atom. The molecule has 0 aliphatic carbocycles. The highest BCUT2D eigenvalue weighted by Gasteiger charge is 2.23. The van der Waals surface area contributed by atoms with Crippen molar-refractivity contribution in [3.63, 3.8) is 0 Å². The van der Waals surface area contributed by atoms with E-state index in [0.29, 0.717) is 19.8 Å². The molecule has 0 aromatic heterocycles. The zero-order valence-electron chi connectivity index (χ0n) is 11.6. The van der Waals surface area contributed by atoms with Crippen LogP contribution in [-0.2, 0) is 4.74 Å². The van der Waals surface area contributed by atoms with E-state index < -0.39 is 27.9 Å². The van der Waals surface area contributed by atoms with Crippen LogP contribution in [0.4, 0.5) is 20.2 Å². The van der Waals surface area contributed by atoms with Crippen LogP contribution in [0, 0.1) is 21.7 Å². The number of hydrogen-bond acceptors (Lipinski definition) is 5. The van der Waals surface area contributed by atoms with E-state index in [4.69, 9.17) is 4.74 Å². The molecule has 1 aromatic carbocycles. The second-order valence-electron chi connectivity index (χ2n) is 4.97. The summed E-state index contributed by atoms with van der Waals surface area (Å²) in [6, 6.07) is 1.45. The highest BCUT2D eigenvalue weighted by atomic mass is 19.2. The zero-order valence-corrected chi connectivity index (χ0v) is 11.6. The van der Waals surface area contributed by atoms with Gasteiger partial charge in [0.05, 0.1) is 18.1 Å². The molecule has 1 aliphatic rings. The van der Waals surface area contributed by atoms with Gasteiger partial charge in [0.2, 0.25) is 0 Å². The summed E-state index contributed by atoms with van der Waals surface area (Å²) in [7, 11) is 0. The number of nitro groups is 1. The van der Waals surface area contributed by atoms with Crippen molar-refractivity contribution >= 4 is 11.4 Å². The number of benzene rings is 1. The molecule has 0 bridgehead atoms. The largest absolute Gasteiger partial charge is 0.379 e. The van der Waals surface area contributed by atoms with Crippen LogP contribution in [0.1, 0.15) is 6.92 Å². The summed E-state index contributed by atoms with van der Waals surface area (Å²) in [4.78, 5) is 12.3. The Morgan fingerprint density at radius 1 is 1.43 bits per heavy atom. The molecule has 1 aliphatic heterocycles. The number of nitro benzene ring substituents is 1. The van der Waals surface area contributed by atoms with E-state index in [-0.39, 0.29) is 6.04 Å².